The summed E-state index contributed by atoms with van der Waals surface area (Å²) in [6.45, 7) is 4.82. The summed E-state index contributed by atoms with van der Waals surface area (Å²) in [6.07, 6.45) is 1.90. The van der Waals surface area contributed by atoms with Gasteiger partial charge in [-0.05, 0) is 18.4 Å². The highest BCUT2D eigenvalue weighted by molar-refractivity contribution is 7.16. The van der Waals surface area contributed by atoms with Crippen LogP contribution in [0, 0.1) is 0 Å². The van der Waals surface area contributed by atoms with Gasteiger partial charge in [0.15, 0.2) is 5.82 Å². The summed E-state index contributed by atoms with van der Waals surface area (Å²) in [5.41, 5.74) is 0. The first-order valence-corrected chi connectivity index (χ1v) is 6.92. The number of carbonyl (C=O) groups excluding carboxylic acids is 1. The van der Waals surface area contributed by atoms with Crippen molar-refractivity contribution in [3.63, 3.8) is 0 Å². The van der Waals surface area contributed by atoms with Gasteiger partial charge in [0.1, 0.15) is 23.8 Å². The Labute approximate surface area is 124 Å². The van der Waals surface area contributed by atoms with Gasteiger partial charge in [0.05, 0.1) is 5.39 Å². The van der Waals surface area contributed by atoms with Crippen molar-refractivity contribution in [1.82, 2.24) is 9.97 Å². The van der Waals surface area contributed by atoms with E-state index < -0.39 is 18.1 Å². The number of nitrogens with zero attached hydrogens (tertiary/aromatic N) is 3. The zero-order valence-corrected chi connectivity index (χ0v) is 12.0. The number of carboxylic acid groups (broad SMARTS) is 1. The number of hydrogen-bond donors (Lipinski definition) is 1. The highest BCUT2D eigenvalue weighted by Gasteiger charge is 2.31. The minimum atomic E-state index is -1.16. The number of aliphatic carboxylic acids is 1. The molecule has 0 spiro atoms. The van der Waals surface area contributed by atoms with E-state index >= 15 is 0 Å². The van der Waals surface area contributed by atoms with Gasteiger partial charge in [0.25, 0.3) is 0 Å². The maximum Gasteiger partial charge on any atom is 0.416 e. The molecule has 2 heterocycles. The topological polar surface area (TPSA) is 92.6 Å². The Kier molecular flexibility index (Phi) is 4.49. The molecule has 0 saturated heterocycles. The van der Waals surface area contributed by atoms with Gasteiger partial charge in [0.2, 0.25) is 0 Å². The van der Waals surface area contributed by atoms with Crippen LogP contribution >= 0.6 is 11.3 Å². The van der Waals surface area contributed by atoms with Crippen LogP contribution in [0.5, 0.6) is 0 Å². The number of ether oxygens (including phenoxy) is 1. The molecule has 7 nitrogen and oxygen atoms in total. The van der Waals surface area contributed by atoms with Crippen molar-refractivity contribution in [2.45, 2.75) is 13.0 Å². The second-order valence-corrected chi connectivity index (χ2v) is 4.98. The van der Waals surface area contributed by atoms with E-state index in [-0.39, 0.29) is 12.4 Å². The Bertz CT molecular complexity index is 685. The third-order valence-electron chi connectivity index (χ3n) is 2.73. The predicted octanol–water partition coefficient (Wildman–Crippen LogP) is 2.29. The molecule has 21 heavy (non-hydrogen) atoms. The molecular formula is C13H13N3O4S. The zero-order valence-electron chi connectivity index (χ0n) is 11.2. The zero-order chi connectivity index (χ0) is 15.4. The number of hydrogen-bond acceptors (Lipinski definition) is 6. The molecule has 2 rings (SSSR count). The molecular weight excluding hydrogens is 294 g/mol. The lowest BCUT2D eigenvalue weighted by atomic mass is 10.2. The summed E-state index contributed by atoms with van der Waals surface area (Å²) in [5, 5.41) is 11.6. The number of carbonyl (C=O) groups is 2. The van der Waals surface area contributed by atoms with Crippen molar-refractivity contribution in [2.24, 2.45) is 0 Å². The van der Waals surface area contributed by atoms with Gasteiger partial charge in [-0.15, -0.1) is 11.3 Å². The van der Waals surface area contributed by atoms with Crippen LogP contribution < -0.4 is 4.90 Å². The number of amides is 1. The van der Waals surface area contributed by atoms with Crippen LogP contribution in [0.2, 0.25) is 0 Å². The Balaban J connectivity index is 2.48. The Morgan fingerprint density at radius 3 is 3.00 bits per heavy atom. The summed E-state index contributed by atoms with van der Waals surface area (Å²) in [7, 11) is 0. The van der Waals surface area contributed by atoms with E-state index in [0.29, 0.717) is 10.2 Å². The first kappa shape index (κ1) is 14.9. The summed E-state index contributed by atoms with van der Waals surface area (Å²) in [6, 6.07) is 0.609. The van der Waals surface area contributed by atoms with Gasteiger partial charge >= 0.3 is 12.1 Å². The van der Waals surface area contributed by atoms with E-state index in [4.69, 9.17) is 4.74 Å². The van der Waals surface area contributed by atoms with Crippen molar-refractivity contribution in [2.75, 3.05) is 11.5 Å². The van der Waals surface area contributed by atoms with Crippen LogP contribution in [-0.4, -0.2) is 39.8 Å². The molecule has 0 radical (unpaired) electrons. The van der Waals surface area contributed by atoms with Crippen molar-refractivity contribution < 1.29 is 19.4 Å². The van der Waals surface area contributed by atoms with E-state index in [1.165, 1.54) is 30.7 Å². The van der Waals surface area contributed by atoms with Crippen LogP contribution in [0.1, 0.15) is 6.92 Å². The van der Waals surface area contributed by atoms with Crippen molar-refractivity contribution in [3.8, 4) is 0 Å². The lowest BCUT2D eigenvalue weighted by Crippen LogP contribution is -2.44. The predicted molar refractivity (Wildman–Crippen MR) is 78.5 cm³/mol. The van der Waals surface area contributed by atoms with Crippen LogP contribution in [-0.2, 0) is 9.53 Å². The Morgan fingerprint density at radius 1 is 1.57 bits per heavy atom. The molecule has 2 aromatic heterocycles. The molecule has 0 bridgehead atoms. The van der Waals surface area contributed by atoms with Crippen molar-refractivity contribution >= 4 is 39.4 Å². The van der Waals surface area contributed by atoms with Crippen LogP contribution in [0.15, 0.2) is 30.4 Å². The molecule has 0 aliphatic rings. The molecule has 8 heteroatoms. The smallest absolute Gasteiger partial charge is 0.416 e. The molecule has 1 N–H and O–H groups in total. The molecule has 0 aliphatic carbocycles. The fraction of sp³-hybridized carbons (Fsp3) is 0.231. The molecule has 0 fully saturated rings. The van der Waals surface area contributed by atoms with E-state index in [0.717, 1.165) is 4.90 Å². The third kappa shape index (κ3) is 3.00. The summed E-state index contributed by atoms with van der Waals surface area (Å²) in [5.74, 6) is -0.947. The van der Waals surface area contributed by atoms with Gasteiger partial charge in [-0.25, -0.2) is 24.5 Å². The van der Waals surface area contributed by atoms with Gasteiger partial charge in [-0.1, -0.05) is 12.7 Å². The maximum absolute atomic E-state index is 12.1. The summed E-state index contributed by atoms with van der Waals surface area (Å²) < 4.78 is 4.95. The molecule has 1 atom stereocenters. The maximum atomic E-state index is 12.1. The second-order valence-electron chi connectivity index (χ2n) is 4.09. The Hall–Kier alpha value is -2.48. The molecule has 0 unspecified atom stereocenters. The third-order valence-corrected chi connectivity index (χ3v) is 3.56. The molecule has 0 aromatic carbocycles. The molecule has 2 aromatic rings. The fourth-order valence-corrected chi connectivity index (χ4v) is 2.43. The van der Waals surface area contributed by atoms with Crippen LogP contribution in [0.25, 0.3) is 10.2 Å². The number of carboxylic acids is 1. The minimum Gasteiger partial charge on any atom is -0.480 e. The van der Waals surface area contributed by atoms with Crippen molar-refractivity contribution in [3.05, 3.63) is 30.4 Å². The molecule has 0 saturated carbocycles. The first-order chi connectivity index (χ1) is 10.1. The standard InChI is InChI=1S/C13H13N3O4S/c1-3-5-20-13(19)16(8(2)12(17)18)10-9-4-6-21-11(9)15-7-14-10/h3-4,6-8H,1,5H2,2H3,(H,17,18)/t8-/m0/s1. The lowest BCUT2D eigenvalue weighted by Gasteiger charge is -2.24. The number of anilines is 1. The number of rotatable bonds is 5. The molecule has 110 valence electrons. The summed E-state index contributed by atoms with van der Waals surface area (Å²) in [4.78, 5) is 33.2. The normalized spacial score (nSPS) is 11.9. The largest absolute Gasteiger partial charge is 0.480 e. The van der Waals surface area contributed by atoms with Crippen molar-refractivity contribution in [1.29, 1.82) is 0 Å². The fourth-order valence-electron chi connectivity index (χ4n) is 1.71. The summed E-state index contributed by atoms with van der Waals surface area (Å²) >= 11 is 1.38. The number of thiophene rings is 1. The average Bonchev–Trinajstić information content (AvgIpc) is 2.94. The number of aromatic nitrogens is 2. The highest BCUT2D eigenvalue weighted by Crippen LogP contribution is 2.28. The van der Waals surface area contributed by atoms with E-state index in [9.17, 15) is 14.7 Å². The van der Waals surface area contributed by atoms with Gasteiger partial charge in [-0.3, -0.25) is 0 Å². The SMILES string of the molecule is C=CCOC(=O)N(c1ncnc2sccc12)[C@@H](C)C(=O)O. The number of fused-ring (bicyclic) bond motifs is 1. The van der Waals surface area contributed by atoms with Crippen LogP contribution in [0.3, 0.4) is 0 Å². The minimum absolute atomic E-state index is 0.0143. The second kappa shape index (κ2) is 6.31. The van der Waals surface area contributed by atoms with Gasteiger partial charge in [-0.2, -0.15) is 0 Å². The average molecular weight is 307 g/mol. The molecule has 0 aliphatic heterocycles. The van der Waals surface area contributed by atoms with E-state index in [2.05, 4.69) is 16.5 Å². The lowest BCUT2D eigenvalue weighted by molar-refractivity contribution is -0.138. The first-order valence-electron chi connectivity index (χ1n) is 6.04. The van der Waals surface area contributed by atoms with E-state index in [1.54, 1.807) is 11.4 Å². The highest BCUT2D eigenvalue weighted by atomic mass is 32.1. The van der Waals surface area contributed by atoms with E-state index in [1.807, 2.05) is 0 Å². The quantitative estimate of drug-likeness (QED) is 0.852. The monoisotopic (exact) mass is 307 g/mol. The van der Waals surface area contributed by atoms with Gasteiger partial charge in [0, 0.05) is 0 Å². The Morgan fingerprint density at radius 2 is 2.33 bits per heavy atom. The van der Waals surface area contributed by atoms with Crippen LogP contribution in [0.4, 0.5) is 10.6 Å². The molecule has 1 amide bonds. The van der Waals surface area contributed by atoms with Gasteiger partial charge < -0.3 is 9.84 Å².